The van der Waals surface area contributed by atoms with Crippen molar-refractivity contribution in [1.29, 1.82) is 5.26 Å². The van der Waals surface area contributed by atoms with Gasteiger partial charge in [-0.2, -0.15) is 5.26 Å². The van der Waals surface area contributed by atoms with Crippen molar-refractivity contribution in [3.05, 3.63) is 58.4 Å². The minimum absolute atomic E-state index is 0.0102. The van der Waals surface area contributed by atoms with Crippen molar-refractivity contribution in [3.63, 3.8) is 0 Å². The van der Waals surface area contributed by atoms with E-state index in [0.717, 1.165) is 42.9 Å². The second-order valence-corrected chi connectivity index (χ2v) is 8.20. The van der Waals surface area contributed by atoms with Crippen LogP contribution in [-0.2, 0) is 9.53 Å². The van der Waals surface area contributed by atoms with Crippen molar-refractivity contribution in [2.24, 2.45) is 0 Å². The van der Waals surface area contributed by atoms with Crippen molar-refractivity contribution in [1.82, 2.24) is 9.47 Å². The number of aromatic nitrogens is 1. The number of carbonyl (C=O) groups excluding carboxylic acids is 2. The molecule has 7 nitrogen and oxygen atoms in total. The molecule has 1 saturated heterocycles. The van der Waals surface area contributed by atoms with E-state index in [1.165, 1.54) is 0 Å². The van der Waals surface area contributed by atoms with Gasteiger partial charge < -0.3 is 19.5 Å². The van der Waals surface area contributed by atoms with E-state index >= 15 is 0 Å². The van der Waals surface area contributed by atoms with Crippen LogP contribution in [0.2, 0.25) is 0 Å². The molecule has 1 N–H and O–H groups in total. The average molecular weight is 435 g/mol. The fraction of sp³-hybridized carbons (Fsp3) is 0.400. The maximum atomic E-state index is 12.7. The number of aryl methyl sites for hydroxylation is 1. The second-order valence-electron chi connectivity index (χ2n) is 8.20. The molecule has 1 unspecified atom stereocenters. The number of nitrogens with one attached hydrogen (secondary N) is 1. The van der Waals surface area contributed by atoms with Crippen LogP contribution in [0.15, 0.2) is 35.9 Å². The third-order valence-electron chi connectivity index (χ3n) is 5.82. The molecule has 3 rings (SSSR count). The Morgan fingerprint density at radius 1 is 1.22 bits per heavy atom. The van der Waals surface area contributed by atoms with Crippen LogP contribution in [0.1, 0.15) is 53.1 Å². The summed E-state index contributed by atoms with van der Waals surface area (Å²) in [7, 11) is 1.67. The Kier molecular flexibility index (Phi) is 7.49. The Hall–Kier alpha value is -3.37. The van der Waals surface area contributed by atoms with Gasteiger partial charge in [0.1, 0.15) is 11.6 Å². The van der Waals surface area contributed by atoms with Gasteiger partial charge in [0.05, 0.1) is 12.6 Å². The number of anilines is 1. The predicted octanol–water partition coefficient (Wildman–Crippen LogP) is 4.09. The monoisotopic (exact) mass is 434 g/mol. The van der Waals surface area contributed by atoms with Gasteiger partial charge in [-0.25, -0.2) is 0 Å². The second kappa shape index (κ2) is 10.3. The van der Waals surface area contributed by atoms with Gasteiger partial charge in [0.15, 0.2) is 0 Å². The van der Waals surface area contributed by atoms with E-state index < -0.39 is 5.91 Å². The third kappa shape index (κ3) is 5.09. The number of carbonyl (C=O) groups is 2. The number of amides is 2. The summed E-state index contributed by atoms with van der Waals surface area (Å²) in [6, 6.07) is 10.9. The maximum Gasteiger partial charge on any atom is 0.266 e. The normalized spacial score (nSPS) is 14.8. The largest absolute Gasteiger partial charge is 0.383 e. The lowest BCUT2D eigenvalue weighted by molar-refractivity contribution is -0.112. The molecule has 0 saturated carbocycles. The SMILES string of the molecule is COCC(C)n1c(C)cc(/C=C(\C#N)C(=O)Nc2ccc(C(=O)N3CCCC3)cc2)c1C. The molecule has 2 aromatic rings. The Labute approximate surface area is 189 Å². The summed E-state index contributed by atoms with van der Waals surface area (Å²) in [5, 5.41) is 12.3. The summed E-state index contributed by atoms with van der Waals surface area (Å²) < 4.78 is 7.40. The van der Waals surface area contributed by atoms with Crippen molar-refractivity contribution in [2.75, 3.05) is 32.1 Å². The molecule has 2 heterocycles. The minimum atomic E-state index is -0.485. The van der Waals surface area contributed by atoms with Gasteiger partial charge in [-0.3, -0.25) is 9.59 Å². The highest BCUT2D eigenvalue weighted by Crippen LogP contribution is 2.23. The summed E-state index contributed by atoms with van der Waals surface area (Å²) in [6.07, 6.45) is 3.69. The number of likely N-dealkylation sites (tertiary alicyclic amines) is 1. The summed E-state index contributed by atoms with van der Waals surface area (Å²) in [5.41, 5.74) is 3.98. The van der Waals surface area contributed by atoms with Crippen LogP contribution in [0.5, 0.6) is 0 Å². The molecular weight excluding hydrogens is 404 g/mol. The van der Waals surface area contributed by atoms with Crippen LogP contribution in [0.25, 0.3) is 6.08 Å². The molecule has 1 fully saturated rings. The molecule has 1 aromatic heterocycles. The van der Waals surface area contributed by atoms with Crippen LogP contribution in [0.4, 0.5) is 5.69 Å². The van der Waals surface area contributed by atoms with Crippen molar-refractivity contribution >= 4 is 23.6 Å². The van der Waals surface area contributed by atoms with Crippen LogP contribution in [-0.4, -0.2) is 48.1 Å². The van der Waals surface area contributed by atoms with Crippen molar-refractivity contribution in [3.8, 4) is 6.07 Å². The molecule has 1 aliphatic rings. The Bertz CT molecular complexity index is 1050. The predicted molar refractivity (Wildman–Crippen MR) is 124 cm³/mol. The van der Waals surface area contributed by atoms with Crippen molar-refractivity contribution in [2.45, 2.75) is 39.7 Å². The van der Waals surface area contributed by atoms with E-state index in [0.29, 0.717) is 17.9 Å². The summed E-state index contributed by atoms with van der Waals surface area (Å²) in [4.78, 5) is 27.0. The standard InChI is InChI=1S/C25H30N4O3/c1-17-13-21(19(3)29(17)18(2)16-32-4)14-22(15-26)24(30)27-23-9-7-20(8-10-23)25(31)28-11-5-6-12-28/h7-10,13-14,18H,5-6,11-12,16H2,1-4H3,(H,27,30)/b22-14+. The number of nitriles is 1. The van der Waals surface area contributed by atoms with E-state index in [2.05, 4.69) is 16.8 Å². The first-order valence-corrected chi connectivity index (χ1v) is 10.9. The fourth-order valence-electron chi connectivity index (χ4n) is 4.24. The maximum absolute atomic E-state index is 12.7. The zero-order valence-corrected chi connectivity index (χ0v) is 19.1. The molecule has 0 spiro atoms. The van der Waals surface area contributed by atoms with Gasteiger partial charge in [-0.15, -0.1) is 0 Å². The Morgan fingerprint density at radius 3 is 2.47 bits per heavy atom. The van der Waals surface area contributed by atoms with Crippen molar-refractivity contribution < 1.29 is 14.3 Å². The first-order chi connectivity index (χ1) is 15.3. The van der Waals surface area contributed by atoms with Gasteiger partial charge >= 0.3 is 0 Å². The molecule has 1 aromatic carbocycles. The van der Waals surface area contributed by atoms with Gasteiger partial charge in [0.2, 0.25) is 0 Å². The van der Waals surface area contributed by atoms with Crippen LogP contribution in [0.3, 0.4) is 0 Å². The first kappa shape index (κ1) is 23.3. The number of ether oxygens (including phenoxy) is 1. The number of nitrogens with zero attached hydrogens (tertiary/aromatic N) is 3. The third-order valence-corrected chi connectivity index (χ3v) is 5.82. The van der Waals surface area contributed by atoms with Gasteiger partial charge in [0.25, 0.3) is 11.8 Å². The molecular formula is C25H30N4O3. The molecule has 7 heteroatoms. The minimum Gasteiger partial charge on any atom is -0.383 e. The fourth-order valence-corrected chi connectivity index (χ4v) is 4.24. The molecule has 1 atom stereocenters. The quantitative estimate of drug-likeness (QED) is 0.525. The molecule has 0 bridgehead atoms. The molecule has 2 amide bonds. The zero-order chi connectivity index (χ0) is 23.3. The number of rotatable bonds is 7. The molecule has 1 aliphatic heterocycles. The van der Waals surface area contributed by atoms with Gasteiger partial charge in [-0.1, -0.05) is 0 Å². The molecule has 0 radical (unpaired) electrons. The molecule has 168 valence electrons. The highest BCUT2D eigenvalue weighted by molar-refractivity contribution is 6.10. The van der Waals surface area contributed by atoms with Gasteiger partial charge in [-0.05, 0) is 75.6 Å². The van der Waals surface area contributed by atoms with E-state index in [9.17, 15) is 14.9 Å². The van der Waals surface area contributed by atoms with Crippen LogP contribution in [0, 0.1) is 25.2 Å². The summed E-state index contributed by atoms with van der Waals surface area (Å²) in [5.74, 6) is -0.475. The topological polar surface area (TPSA) is 87.4 Å². The lowest BCUT2D eigenvalue weighted by atomic mass is 10.1. The highest BCUT2D eigenvalue weighted by Gasteiger charge is 2.20. The highest BCUT2D eigenvalue weighted by atomic mass is 16.5. The van der Waals surface area contributed by atoms with Crippen LogP contribution >= 0.6 is 0 Å². The Balaban J connectivity index is 1.74. The number of hydrogen-bond donors (Lipinski definition) is 1. The lowest BCUT2D eigenvalue weighted by Gasteiger charge is -2.17. The average Bonchev–Trinajstić information content (AvgIpc) is 3.40. The van der Waals surface area contributed by atoms with Crippen LogP contribution < -0.4 is 5.32 Å². The number of methoxy groups -OCH3 is 1. The Morgan fingerprint density at radius 2 is 1.88 bits per heavy atom. The van der Waals surface area contributed by atoms with E-state index in [1.807, 2.05) is 30.9 Å². The summed E-state index contributed by atoms with van der Waals surface area (Å²) in [6.45, 7) is 8.17. The lowest BCUT2D eigenvalue weighted by Crippen LogP contribution is -2.27. The zero-order valence-electron chi connectivity index (χ0n) is 19.1. The summed E-state index contributed by atoms with van der Waals surface area (Å²) >= 11 is 0. The van der Waals surface area contributed by atoms with E-state index in [1.54, 1.807) is 37.5 Å². The van der Waals surface area contributed by atoms with E-state index in [4.69, 9.17) is 4.74 Å². The number of hydrogen-bond acceptors (Lipinski definition) is 4. The molecule has 32 heavy (non-hydrogen) atoms. The smallest absolute Gasteiger partial charge is 0.266 e. The first-order valence-electron chi connectivity index (χ1n) is 10.9. The van der Waals surface area contributed by atoms with Gasteiger partial charge in [0, 0.05) is 42.8 Å². The number of benzene rings is 1. The van der Waals surface area contributed by atoms with E-state index in [-0.39, 0.29) is 17.5 Å². The molecule has 0 aliphatic carbocycles.